The Labute approximate surface area is 234 Å². The fourth-order valence-corrected chi connectivity index (χ4v) is 3.54. The molecule has 0 unspecified atom stereocenters. The molecular weight excluding hydrogens is 508 g/mol. The molecule has 0 aliphatic carbocycles. The molecule has 0 aliphatic heterocycles. The fraction of sp³-hybridized carbons (Fsp3) is 0.226. The Morgan fingerprint density at radius 3 is 1.48 bits per heavy atom. The van der Waals surface area contributed by atoms with Crippen molar-refractivity contribution in [2.24, 2.45) is 0 Å². The highest BCUT2D eigenvalue weighted by molar-refractivity contribution is 5.68. The largest absolute Gasteiger partial charge is 0.436 e. The number of rotatable bonds is 7. The van der Waals surface area contributed by atoms with Crippen LogP contribution >= 0.6 is 0 Å². The zero-order valence-corrected chi connectivity index (χ0v) is 22.5. The van der Waals surface area contributed by atoms with Gasteiger partial charge in [-0.15, -0.1) is 0 Å². The van der Waals surface area contributed by atoms with E-state index in [0.717, 1.165) is 11.1 Å². The first-order chi connectivity index (χ1) is 19.2. The molecule has 0 aromatic heterocycles. The molecule has 3 rings (SSSR count). The van der Waals surface area contributed by atoms with E-state index < -0.39 is 12.2 Å². The van der Waals surface area contributed by atoms with Gasteiger partial charge < -0.3 is 35.8 Å². The molecule has 0 aliphatic rings. The maximum absolute atomic E-state index is 12.2. The number of hydrogen-bond donors (Lipinski definition) is 3. The minimum absolute atomic E-state index is 0.102. The Morgan fingerprint density at radius 1 is 0.700 bits per heavy atom. The molecular formula is C31H32N4O5. The zero-order valence-electron chi connectivity index (χ0n) is 22.5. The van der Waals surface area contributed by atoms with Gasteiger partial charge in [-0.25, -0.2) is 9.59 Å². The highest BCUT2D eigenvalue weighted by Crippen LogP contribution is 2.11. The van der Waals surface area contributed by atoms with E-state index >= 15 is 0 Å². The lowest BCUT2D eigenvalue weighted by atomic mass is 10.1. The topological polar surface area (TPSA) is 131 Å². The van der Waals surface area contributed by atoms with Crippen LogP contribution in [0.5, 0.6) is 0 Å². The number of nitrogens with zero attached hydrogens (tertiary/aromatic N) is 2. The van der Waals surface area contributed by atoms with E-state index in [-0.39, 0.29) is 19.8 Å². The Kier molecular flexibility index (Phi) is 10.8. The van der Waals surface area contributed by atoms with Gasteiger partial charge in [0.25, 0.3) is 0 Å². The van der Waals surface area contributed by atoms with E-state index in [0.29, 0.717) is 41.2 Å². The van der Waals surface area contributed by atoms with Crippen molar-refractivity contribution in [1.82, 2.24) is 9.80 Å². The first kappa shape index (κ1) is 29.4. The molecule has 40 heavy (non-hydrogen) atoms. The lowest BCUT2D eigenvalue weighted by molar-refractivity contribution is 0.120. The van der Waals surface area contributed by atoms with Crippen LogP contribution in [-0.4, -0.2) is 54.4 Å². The second-order valence-electron chi connectivity index (χ2n) is 8.98. The fourth-order valence-electron chi connectivity index (χ4n) is 3.54. The molecule has 9 nitrogen and oxygen atoms in total. The van der Waals surface area contributed by atoms with Crippen LogP contribution in [0.1, 0.15) is 27.8 Å². The molecule has 0 heterocycles. The summed E-state index contributed by atoms with van der Waals surface area (Å²) in [6.45, 7) is 0.354. The summed E-state index contributed by atoms with van der Waals surface area (Å²) in [6.07, 6.45) is -1.01. The number of aliphatic hydroxyl groups is 1. The molecule has 3 aromatic carbocycles. The molecule has 206 valence electrons. The summed E-state index contributed by atoms with van der Waals surface area (Å²) < 4.78 is 10.5. The first-order valence-corrected chi connectivity index (χ1v) is 12.4. The van der Waals surface area contributed by atoms with Gasteiger partial charge in [0.1, 0.15) is 0 Å². The molecule has 0 radical (unpaired) electrons. The van der Waals surface area contributed by atoms with Crippen LogP contribution in [0, 0.1) is 23.7 Å². The number of nitrogens with two attached hydrogens (primary N) is 2. The van der Waals surface area contributed by atoms with Crippen molar-refractivity contribution < 1.29 is 24.2 Å². The lowest BCUT2D eigenvalue weighted by Gasteiger charge is -2.16. The number of nitrogen functional groups attached to an aromatic ring is 2. The summed E-state index contributed by atoms with van der Waals surface area (Å²) in [5.74, 6) is 11.5. The van der Waals surface area contributed by atoms with Gasteiger partial charge in [0.15, 0.2) is 13.2 Å². The van der Waals surface area contributed by atoms with Crippen LogP contribution in [0.2, 0.25) is 0 Å². The third-order valence-electron chi connectivity index (χ3n) is 5.60. The minimum Gasteiger partial charge on any atom is -0.436 e. The Bertz CT molecular complexity index is 1330. The second kappa shape index (κ2) is 14.7. The van der Waals surface area contributed by atoms with Crippen LogP contribution in [-0.2, 0) is 29.2 Å². The summed E-state index contributed by atoms with van der Waals surface area (Å²) in [5, 5.41) is 9.61. The number of carbonyl (C=O) groups excluding carboxylic acids is 2. The first-order valence-electron chi connectivity index (χ1n) is 12.4. The zero-order chi connectivity index (χ0) is 28.9. The number of ether oxygens (including phenoxy) is 2. The van der Waals surface area contributed by atoms with Gasteiger partial charge in [-0.1, -0.05) is 47.9 Å². The SMILES string of the molecule is CN(Cc1ccc(N)cc1)C(=O)OCC#Cc1cc(C#CCOC(=O)N(C)Cc2ccc(N)cc2)cc(CO)c1. The highest BCUT2D eigenvalue weighted by Gasteiger charge is 2.11. The average Bonchev–Trinajstić information content (AvgIpc) is 2.95. The highest BCUT2D eigenvalue weighted by atomic mass is 16.6. The van der Waals surface area contributed by atoms with Crippen LogP contribution in [0.15, 0.2) is 66.7 Å². The average molecular weight is 541 g/mol. The lowest BCUT2D eigenvalue weighted by Crippen LogP contribution is -2.27. The molecule has 0 bridgehead atoms. The van der Waals surface area contributed by atoms with Crippen LogP contribution < -0.4 is 11.5 Å². The molecule has 0 atom stereocenters. The van der Waals surface area contributed by atoms with E-state index in [1.54, 1.807) is 56.6 Å². The maximum atomic E-state index is 12.2. The van der Waals surface area contributed by atoms with Gasteiger partial charge in [0.2, 0.25) is 0 Å². The van der Waals surface area contributed by atoms with E-state index in [1.165, 1.54) is 9.80 Å². The van der Waals surface area contributed by atoms with Crippen molar-refractivity contribution >= 4 is 23.6 Å². The van der Waals surface area contributed by atoms with Gasteiger partial charge in [0.05, 0.1) is 6.61 Å². The minimum atomic E-state index is -0.504. The summed E-state index contributed by atoms with van der Waals surface area (Å²) in [7, 11) is 3.27. The van der Waals surface area contributed by atoms with Crippen molar-refractivity contribution in [3.63, 3.8) is 0 Å². The van der Waals surface area contributed by atoms with Crippen LogP contribution in [0.4, 0.5) is 21.0 Å². The Balaban J connectivity index is 1.50. The number of amides is 2. The Hall–Kier alpha value is -5.12. The molecule has 5 N–H and O–H groups in total. The molecule has 0 fully saturated rings. The third kappa shape index (κ3) is 9.64. The van der Waals surface area contributed by atoms with Gasteiger partial charge in [-0.3, -0.25) is 0 Å². The van der Waals surface area contributed by atoms with Crippen molar-refractivity contribution in [1.29, 1.82) is 0 Å². The van der Waals surface area contributed by atoms with Crippen LogP contribution in [0.25, 0.3) is 0 Å². The van der Waals surface area contributed by atoms with Gasteiger partial charge in [-0.05, 0) is 59.2 Å². The van der Waals surface area contributed by atoms with E-state index in [4.69, 9.17) is 20.9 Å². The number of carbonyl (C=O) groups is 2. The predicted octanol–water partition coefficient (Wildman–Crippen LogP) is 3.58. The molecule has 0 saturated heterocycles. The molecule has 9 heteroatoms. The van der Waals surface area contributed by atoms with Crippen molar-refractivity contribution in [3.8, 4) is 23.7 Å². The van der Waals surface area contributed by atoms with E-state index in [1.807, 2.05) is 24.3 Å². The van der Waals surface area contributed by atoms with Crippen molar-refractivity contribution in [3.05, 3.63) is 94.5 Å². The number of hydrogen-bond acceptors (Lipinski definition) is 7. The number of anilines is 2. The second-order valence-corrected chi connectivity index (χ2v) is 8.98. The smallest absolute Gasteiger partial charge is 0.410 e. The predicted molar refractivity (Wildman–Crippen MR) is 153 cm³/mol. The number of aliphatic hydroxyl groups excluding tert-OH is 1. The summed E-state index contributed by atoms with van der Waals surface area (Å²) in [4.78, 5) is 27.4. The normalized spacial score (nSPS) is 9.88. The van der Waals surface area contributed by atoms with Crippen molar-refractivity contribution in [2.45, 2.75) is 19.7 Å². The van der Waals surface area contributed by atoms with Crippen LogP contribution in [0.3, 0.4) is 0 Å². The maximum Gasteiger partial charge on any atom is 0.410 e. The molecule has 0 spiro atoms. The summed E-state index contributed by atoms with van der Waals surface area (Å²) >= 11 is 0. The summed E-state index contributed by atoms with van der Waals surface area (Å²) in [5.41, 5.74) is 16.4. The van der Waals surface area contributed by atoms with Crippen molar-refractivity contribution in [2.75, 3.05) is 38.8 Å². The van der Waals surface area contributed by atoms with Gasteiger partial charge in [-0.2, -0.15) is 0 Å². The number of benzene rings is 3. The Morgan fingerprint density at radius 2 is 1.10 bits per heavy atom. The molecule has 0 saturated carbocycles. The van der Waals surface area contributed by atoms with E-state index in [9.17, 15) is 14.7 Å². The molecule has 3 aromatic rings. The molecule has 2 amide bonds. The standard InChI is InChI=1S/C31H32N4O5/c1-34(20-23-7-11-28(32)12-8-23)30(37)39-15-3-5-25-17-26(19-27(18-25)22-36)6-4-16-40-31(38)35(2)21-24-9-13-29(33)14-10-24/h7-14,17-19,36H,15-16,20-22,32-33H2,1-2H3. The quantitative estimate of drug-likeness (QED) is 0.308. The van der Waals surface area contributed by atoms with Gasteiger partial charge >= 0.3 is 12.2 Å². The van der Waals surface area contributed by atoms with Gasteiger partial charge in [0, 0.05) is 49.7 Å². The summed E-state index contributed by atoms with van der Waals surface area (Å²) in [6, 6.07) is 19.7. The monoisotopic (exact) mass is 540 g/mol. The third-order valence-corrected chi connectivity index (χ3v) is 5.60. The van der Waals surface area contributed by atoms with E-state index in [2.05, 4.69) is 23.7 Å².